The van der Waals surface area contributed by atoms with Crippen molar-refractivity contribution in [3.05, 3.63) is 23.9 Å². The molecule has 1 aromatic rings. The molecule has 0 saturated carbocycles. The molecule has 1 aliphatic rings. The van der Waals surface area contributed by atoms with Crippen molar-refractivity contribution < 1.29 is 9.53 Å². The summed E-state index contributed by atoms with van der Waals surface area (Å²) < 4.78 is 5.84. The Kier molecular flexibility index (Phi) is 6.40. The summed E-state index contributed by atoms with van der Waals surface area (Å²) in [6.07, 6.45) is 6.34. The second-order valence-electron chi connectivity index (χ2n) is 6.08. The van der Waals surface area contributed by atoms with Gasteiger partial charge < -0.3 is 9.64 Å². The fraction of sp³-hybridized carbons (Fsp3) is 0.611. The number of pyridine rings is 1. The lowest BCUT2D eigenvalue weighted by atomic mass is 9.97. The van der Waals surface area contributed by atoms with Gasteiger partial charge in [0.1, 0.15) is 6.10 Å². The SMILES string of the molecule is CCCC(CCC)C(=O)N1CCC(Oc2cc(C#N)ccn2)C1. The largest absolute Gasteiger partial charge is 0.472 e. The first kappa shape index (κ1) is 17.3. The van der Waals surface area contributed by atoms with Gasteiger partial charge in [-0.25, -0.2) is 4.98 Å². The normalized spacial score (nSPS) is 17.3. The number of hydrogen-bond donors (Lipinski definition) is 0. The summed E-state index contributed by atoms with van der Waals surface area (Å²) in [6.45, 7) is 5.60. The molecule has 0 aromatic carbocycles. The Morgan fingerprint density at radius 3 is 2.87 bits per heavy atom. The number of likely N-dealkylation sites (tertiary alicyclic amines) is 1. The van der Waals surface area contributed by atoms with E-state index in [-0.39, 0.29) is 17.9 Å². The number of hydrogen-bond acceptors (Lipinski definition) is 4. The van der Waals surface area contributed by atoms with E-state index >= 15 is 0 Å². The number of nitriles is 1. The van der Waals surface area contributed by atoms with E-state index in [9.17, 15) is 4.79 Å². The van der Waals surface area contributed by atoms with Gasteiger partial charge in [0.2, 0.25) is 11.8 Å². The summed E-state index contributed by atoms with van der Waals surface area (Å²) in [4.78, 5) is 18.7. The van der Waals surface area contributed by atoms with Gasteiger partial charge in [-0.15, -0.1) is 0 Å². The molecule has 0 bridgehead atoms. The van der Waals surface area contributed by atoms with Crippen LogP contribution in [0.2, 0.25) is 0 Å². The van der Waals surface area contributed by atoms with Gasteiger partial charge in [-0.05, 0) is 18.9 Å². The smallest absolute Gasteiger partial charge is 0.225 e. The Balaban J connectivity index is 1.92. The van der Waals surface area contributed by atoms with Gasteiger partial charge in [0.25, 0.3) is 0 Å². The first-order valence-electron chi connectivity index (χ1n) is 8.49. The van der Waals surface area contributed by atoms with Gasteiger partial charge in [-0.1, -0.05) is 26.7 Å². The van der Waals surface area contributed by atoms with E-state index in [1.165, 1.54) is 0 Å². The number of carbonyl (C=O) groups excluding carboxylic acids is 1. The maximum Gasteiger partial charge on any atom is 0.225 e. The third-order valence-corrected chi connectivity index (χ3v) is 4.23. The molecule has 1 fully saturated rings. The van der Waals surface area contributed by atoms with Crippen LogP contribution in [0.4, 0.5) is 0 Å². The van der Waals surface area contributed by atoms with Gasteiger partial charge >= 0.3 is 0 Å². The molecule has 124 valence electrons. The number of rotatable bonds is 7. The molecule has 1 atom stereocenters. The van der Waals surface area contributed by atoms with Crippen molar-refractivity contribution in [3.63, 3.8) is 0 Å². The topological polar surface area (TPSA) is 66.2 Å². The van der Waals surface area contributed by atoms with Crippen molar-refractivity contribution in [2.75, 3.05) is 13.1 Å². The molecule has 0 radical (unpaired) electrons. The van der Waals surface area contributed by atoms with Gasteiger partial charge in [0.15, 0.2) is 0 Å². The minimum absolute atomic E-state index is 0.0377. The molecular weight excluding hydrogens is 290 g/mol. The summed E-state index contributed by atoms with van der Waals surface area (Å²) in [5.41, 5.74) is 0.534. The number of amides is 1. The molecule has 1 aromatic heterocycles. The number of nitrogens with zero attached hydrogens (tertiary/aromatic N) is 3. The van der Waals surface area contributed by atoms with Crippen LogP contribution in [0.5, 0.6) is 5.88 Å². The Labute approximate surface area is 138 Å². The minimum Gasteiger partial charge on any atom is -0.472 e. The summed E-state index contributed by atoms with van der Waals surface area (Å²) in [5.74, 6) is 0.865. The zero-order chi connectivity index (χ0) is 16.7. The van der Waals surface area contributed by atoms with E-state index in [4.69, 9.17) is 10.00 Å². The molecular formula is C18H25N3O2. The molecule has 2 heterocycles. The predicted octanol–water partition coefficient (Wildman–Crippen LogP) is 3.15. The molecule has 0 spiro atoms. The second kappa shape index (κ2) is 8.52. The van der Waals surface area contributed by atoms with Crippen LogP contribution in [0.25, 0.3) is 0 Å². The highest BCUT2D eigenvalue weighted by Gasteiger charge is 2.31. The van der Waals surface area contributed by atoms with E-state index in [1.54, 1.807) is 18.3 Å². The fourth-order valence-corrected chi connectivity index (χ4v) is 3.09. The average molecular weight is 315 g/mol. The van der Waals surface area contributed by atoms with Crippen molar-refractivity contribution in [3.8, 4) is 11.9 Å². The van der Waals surface area contributed by atoms with E-state index in [2.05, 4.69) is 24.9 Å². The number of ether oxygens (including phenoxy) is 1. The van der Waals surface area contributed by atoms with Gasteiger partial charge in [-0.3, -0.25) is 4.79 Å². The Hall–Kier alpha value is -2.09. The van der Waals surface area contributed by atoms with Crippen LogP contribution in [0, 0.1) is 17.2 Å². The quantitative estimate of drug-likeness (QED) is 0.775. The zero-order valence-corrected chi connectivity index (χ0v) is 14.0. The molecule has 5 heteroatoms. The highest BCUT2D eigenvalue weighted by atomic mass is 16.5. The molecule has 1 unspecified atom stereocenters. The minimum atomic E-state index is -0.0377. The zero-order valence-electron chi connectivity index (χ0n) is 14.0. The molecule has 2 rings (SSSR count). The maximum atomic E-state index is 12.6. The van der Waals surface area contributed by atoms with Gasteiger partial charge in [0.05, 0.1) is 18.2 Å². The lowest BCUT2D eigenvalue weighted by molar-refractivity contribution is -0.135. The summed E-state index contributed by atoms with van der Waals surface area (Å²) in [6, 6.07) is 5.37. The highest BCUT2D eigenvalue weighted by molar-refractivity contribution is 5.79. The van der Waals surface area contributed by atoms with Crippen LogP contribution in [0.3, 0.4) is 0 Å². The third kappa shape index (κ3) is 4.69. The van der Waals surface area contributed by atoms with E-state index in [1.807, 2.05) is 4.90 Å². The lowest BCUT2D eigenvalue weighted by Crippen LogP contribution is -2.35. The van der Waals surface area contributed by atoms with Gasteiger partial charge in [0, 0.05) is 31.1 Å². The Bertz CT molecular complexity index is 562. The standard InChI is InChI=1S/C18H25N3O2/c1-3-5-15(6-4-2)18(22)21-10-8-16(13-21)23-17-11-14(12-19)7-9-20-17/h7,9,11,15-16H,3-6,8,10,13H2,1-2H3. The molecule has 1 amide bonds. The van der Waals surface area contributed by atoms with Crippen LogP contribution in [-0.2, 0) is 4.79 Å². The summed E-state index contributed by atoms with van der Waals surface area (Å²) in [7, 11) is 0. The van der Waals surface area contributed by atoms with Crippen molar-refractivity contribution in [1.82, 2.24) is 9.88 Å². The second-order valence-corrected chi connectivity index (χ2v) is 6.08. The molecule has 1 saturated heterocycles. The Morgan fingerprint density at radius 2 is 2.22 bits per heavy atom. The van der Waals surface area contributed by atoms with Crippen molar-refractivity contribution in [2.45, 2.75) is 52.1 Å². The van der Waals surface area contributed by atoms with E-state index in [0.29, 0.717) is 18.0 Å². The van der Waals surface area contributed by atoms with Crippen LogP contribution in [0.15, 0.2) is 18.3 Å². The van der Waals surface area contributed by atoms with E-state index < -0.39 is 0 Å². The first-order valence-corrected chi connectivity index (χ1v) is 8.49. The van der Waals surface area contributed by atoms with Crippen LogP contribution in [0.1, 0.15) is 51.5 Å². The molecule has 5 nitrogen and oxygen atoms in total. The number of carbonyl (C=O) groups is 1. The molecule has 0 N–H and O–H groups in total. The van der Waals surface area contributed by atoms with Crippen LogP contribution in [-0.4, -0.2) is 35.0 Å². The third-order valence-electron chi connectivity index (χ3n) is 4.23. The van der Waals surface area contributed by atoms with Crippen molar-refractivity contribution in [2.24, 2.45) is 5.92 Å². The van der Waals surface area contributed by atoms with Crippen LogP contribution < -0.4 is 4.74 Å². The summed E-state index contributed by atoms with van der Waals surface area (Å²) >= 11 is 0. The fourth-order valence-electron chi connectivity index (χ4n) is 3.09. The first-order chi connectivity index (χ1) is 11.2. The predicted molar refractivity (Wildman–Crippen MR) is 87.9 cm³/mol. The van der Waals surface area contributed by atoms with Crippen molar-refractivity contribution in [1.29, 1.82) is 5.26 Å². The molecule has 0 aliphatic carbocycles. The summed E-state index contributed by atoms with van der Waals surface area (Å²) in [5, 5.41) is 8.91. The van der Waals surface area contributed by atoms with Crippen molar-refractivity contribution >= 4 is 5.91 Å². The maximum absolute atomic E-state index is 12.6. The highest BCUT2D eigenvalue weighted by Crippen LogP contribution is 2.22. The number of aromatic nitrogens is 1. The average Bonchev–Trinajstić information content (AvgIpc) is 3.02. The monoisotopic (exact) mass is 315 g/mol. The lowest BCUT2D eigenvalue weighted by Gasteiger charge is -2.23. The van der Waals surface area contributed by atoms with Crippen LogP contribution >= 0.6 is 0 Å². The van der Waals surface area contributed by atoms with Gasteiger partial charge in [-0.2, -0.15) is 5.26 Å². The molecule has 1 aliphatic heterocycles. The molecule has 23 heavy (non-hydrogen) atoms. The Morgan fingerprint density at radius 1 is 1.48 bits per heavy atom. The van der Waals surface area contributed by atoms with E-state index in [0.717, 1.165) is 38.6 Å².